The largest absolute Gasteiger partial charge is 0.500 e. The number of hydrogen-bond donors (Lipinski definition) is 0. The van der Waals surface area contributed by atoms with Crippen molar-refractivity contribution >= 4 is 15.0 Å². The van der Waals surface area contributed by atoms with Crippen molar-refractivity contribution in [1.29, 1.82) is 0 Å². The predicted octanol–water partition coefficient (Wildman–Crippen LogP) is 6.81. The van der Waals surface area contributed by atoms with Crippen molar-refractivity contribution < 1.29 is 13.3 Å². The van der Waals surface area contributed by atoms with E-state index in [-0.39, 0.29) is 0 Å². The van der Waals surface area contributed by atoms with Gasteiger partial charge >= 0.3 is 8.80 Å². The third-order valence-electron chi connectivity index (χ3n) is 5.28. The average molecular weight is 402 g/mol. The van der Waals surface area contributed by atoms with Crippen LogP contribution >= 0.6 is 0 Å². The minimum atomic E-state index is -2.42. The first-order valence-electron chi connectivity index (χ1n) is 11.4. The fourth-order valence-corrected chi connectivity index (χ4v) is 4.97. The van der Waals surface area contributed by atoms with E-state index in [0.717, 1.165) is 19.0 Å². The van der Waals surface area contributed by atoms with Crippen LogP contribution in [0.15, 0.2) is 4.99 Å². The molecule has 5 heteroatoms. The summed E-state index contributed by atoms with van der Waals surface area (Å²) in [4.78, 5) is 4.50. The number of rotatable bonds is 21. The SMILES string of the molecule is CCCCCCCCCCCCCCCCN=CCC[Si](OC)(OC)OC. The van der Waals surface area contributed by atoms with Gasteiger partial charge in [0.05, 0.1) is 0 Å². The van der Waals surface area contributed by atoms with Crippen molar-refractivity contribution in [2.75, 3.05) is 27.9 Å². The first kappa shape index (κ1) is 26.8. The zero-order valence-corrected chi connectivity index (χ0v) is 19.8. The monoisotopic (exact) mass is 401 g/mol. The van der Waals surface area contributed by atoms with Gasteiger partial charge in [0.15, 0.2) is 0 Å². The van der Waals surface area contributed by atoms with Crippen LogP contribution in [0.3, 0.4) is 0 Å². The third kappa shape index (κ3) is 16.4. The normalized spacial score (nSPS) is 12.3. The molecule has 0 atom stereocenters. The first-order valence-corrected chi connectivity index (χ1v) is 13.3. The molecule has 0 aliphatic carbocycles. The Morgan fingerprint density at radius 3 is 1.44 bits per heavy atom. The topological polar surface area (TPSA) is 40.0 Å². The number of aliphatic imine (C=N–C) groups is 1. The highest BCUT2D eigenvalue weighted by molar-refractivity contribution is 6.60. The molecule has 0 aromatic rings. The molecule has 0 aliphatic rings. The highest BCUT2D eigenvalue weighted by Crippen LogP contribution is 2.14. The molecule has 0 saturated carbocycles. The molecule has 0 amide bonds. The summed E-state index contributed by atoms with van der Waals surface area (Å²) in [6.45, 7) is 3.23. The Hall–Kier alpha value is -0.233. The Kier molecular flexibility index (Phi) is 20.3. The van der Waals surface area contributed by atoms with Crippen LogP contribution in [0.5, 0.6) is 0 Å². The molecule has 0 aromatic heterocycles. The van der Waals surface area contributed by atoms with Gasteiger partial charge in [-0.15, -0.1) is 0 Å². The van der Waals surface area contributed by atoms with Gasteiger partial charge in [0.2, 0.25) is 0 Å². The molecule has 0 aliphatic heterocycles. The van der Waals surface area contributed by atoms with Gasteiger partial charge in [-0.1, -0.05) is 90.4 Å². The number of nitrogens with zero attached hydrogens (tertiary/aromatic N) is 1. The number of unbranched alkanes of at least 4 members (excludes halogenated alkanes) is 13. The van der Waals surface area contributed by atoms with Crippen LogP contribution < -0.4 is 0 Å². The molecule has 0 saturated heterocycles. The first-order chi connectivity index (χ1) is 13.2. The Morgan fingerprint density at radius 2 is 1.04 bits per heavy atom. The van der Waals surface area contributed by atoms with Gasteiger partial charge in [0.1, 0.15) is 0 Å². The van der Waals surface area contributed by atoms with Crippen molar-refractivity contribution in [2.45, 2.75) is 109 Å². The van der Waals surface area contributed by atoms with Crippen LogP contribution in [0, 0.1) is 0 Å². The maximum Gasteiger partial charge on any atom is 0.500 e. The smallest absolute Gasteiger partial charge is 0.377 e. The Labute approximate surface area is 170 Å². The maximum absolute atomic E-state index is 5.40. The second kappa shape index (κ2) is 20.5. The molecule has 162 valence electrons. The zero-order valence-electron chi connectivity index (χ0n) is 18.8. The van der Waals surface area contributed by atoms with Crippen molar-refractivity contribution in [1.82, 2.24) is 0 Å². The molecule has 0 radical (unpaired) electrons. The molecule has 0 N–H and O–H groups in total. The summed E-state index contributed by atoms with van der Waals surface area (Å²) in [6.07, 6.45) is 22.4. The highest BCUT2D eigenvalue weighted by Gasteiger charge is 2.36. The van der Waals surface area contributed by atoms with Gasteiger partial charge in [-0.2, -0.15) is 0 Å². The van der Waals surface area contributed by atoms with E-state index >= 15 is 0 Å². The lowest BCUT2D eigenvalue weighted by molar-refractivity contribution is 0.124. The predicted molar refractivity (Wildman–Crippen MR) is 120 cm³/mol. The molecule has 4 nitrogen and oxygen atoms in total. The molecule has 0 bridgehead atoms. The second-order valence-electron chi connectivity index (χ2n) is 7.52. The summed E-state index contributed by atoms with van der Waals surface area (Å²) < 4.78 is 16.2. The van der Waals surface area contributed by atoms with E-state index in [4.69, 9.17) is 13.3 Å². The molecule has 0 aromatic carbocycles. The highest BCUT2D eigenvalue weighted by atomic mass is 28.4. The van der Waals surface area contributed by atoms with E-state index < -0.39 is 8.80 Å². The molecular formula is C22H47NO3Si. The molecule has 0 spiro atoms. The van der Waals surface area contributed by atoms with Crippen molar-refractivity contribution in [3.63, 3.8) is 0 Å². The maximum atomic E-state index is 5.40. The van der Waals surface area contributed by atoms with Crippen LogP contribution in [0.4, 0.5) is 0 Å². The van der Waals surface area contributed by atoms with Gasteiger partial charge in [0.25, 0.3) is 0 Å². The minimum Gasteiger partial charge on any atom is -0.377 e. The lowest BCUT2D eigenvalue weighted by Gasteiger charge is -2.23. The fraction of sp³-hybridized carbons (Fsp3) is 0.955. The van der Waals surface area contributed by atoms with Gasteiger partial charge in [-0.25, -0.2) is 0 Å². The lowest BCUT2D eigenvalue weighted by atomic mass is 10.0. The average Bonchev–Trinajstić information content (AvgIpc) is 2.70. The molecule has 27 heavy (non-hydrogen) atoms. The zero-order chi connectivity index (χ0) is 20.1. The van der Waals surface area contributed by atoms with Crippen LogP contribution in [-0.4, -0.2) is 42.9 Å². The van der Waals surface area contributed by atoms with E-state index in [1.54, 1.807) is 21.3 Å². The standard InChI is InChI=1S/C22H47NO3Si/c1-5-6-7-8-9-10-11-12-13-14-15-16-17-18-20-23-21-19-22-27(24-2,25-3)26-4/h21H,5-20,22H2,1-4H3. The van der Waals surface area contributed by atoms with E-state index in [1.165, 1.54) is 89.9 Å². The molecule has 0 fully saturated rings. The van der Waals surface area contributed by atoms with Crippen LogP contribution in [0.2, 0.25) is 6.04 Å². The van der Waals surface area contributed by atoms with E-state index in [1.807, 2.05) is 6.21 Å². The molecule has 0 heterocycles. The van der Waals surface area contributed by atoms with E-state index in [0.29, 0.717) is 0 Å². The third-order valence-corrected chi connectivity index (χ3v) is 8.05. The van der Waals surface area contributed by atoms with E-state index in [2.05, 4.69) is 11.9 Å². The minimum absolute atomic E-state index is 0.790. The summed E-state index contributed by atoms with van der Waals surface area (Å²) in [6, 6.07) is 0.790. The molecular weight excluding hydrogens is 354 g/mol. The summed E-state index contributed by atoms with van der Waals surface area (Å²) in [5.74, 6) is 0. The molecule has 0 unspecified atom stereocenters. The Morgan fingerprint density at radius 1 is 0.630 bits per heavy atom. The summed E-state index contributed by atoms with van der Waals surface area (Å²) >= 11 is 0. The van der Waals surface area contributed by atoms with Crippen LogP contribution in [0.25, 0.3) is 0 Å². The van der Waals surface area contributed by atoms with Gasteiger partial charge in [0, 0.05) is 33.9 Å². The fourth-order valence-electron chi connectivity index (χ4n) is 3.38. The summed E-state index contributed by atoms with van der Waals surface area (Å²) in [5.41, 5.74) is 0. The van der Waals surface area contributed by atoms with Gasteiger partial charge in [-0.05, 0) is 19.1 Å². The van der Waals surface area contributed by atoms with Crippen LogP contribution in [0.1, 0.15) is 103 Å². The second-order valence-corrected chi connectivity index (χ2v) is 10.6. The van der Waals surface area contributed by atoms with Gasteiger partial charge < -0.3 is 13.3 Å². The van der Waals surface area contributed by atoms with Crippen molar-refractivity contribution in [3.05, 3.63) is 0 Å². The summed E-state index contributed by atoms with van der Waals surface area (Å²) in [7, 11) is 2.55. The lowest BCUT2D eigenvalue weighted by Crippen LogP contribution is -2.42. The Balaban J connectivity index is 3.29. The summed E-state index contributed by atoms with van der Waals surface area (Å²) in [5, 5.41) is 0. The molecule has 0 rings (SSSR count). The quantitative estimate of drug-likeness (QED) is 0.120. The van der Waals surface area contributed by atoms with E-state index in [9.17, 15) is 0 Å². The number of hydrogen-bond acceptors (Lipinski definition) is 4. The van der Waals surface area contributed by atoms with Gasteiger partial charge in [-0.3, -0.25) is 4.99 Å². The van der Waals surface area contributed by atoms with Crippen LogP contribution in [-0.2, 0) is 13.3 Å². The van der Waals surface area contributed by atoms with Crippen molar-refractivity contribution in [3.8, 4) is 0 Å². The van der Waals surface area contributed by atoms with Crippen molar-refractivity contribution in [2.24, 2.45) is 4.99 Å². The Bertz CT molecular complexity index is 314.